The van der Waals surface area contributed by atoms with Crippen LogP contribution < -0.4 is 0 Å². The molecule has 0 fully saturated rings. The number of hydrogen-bond acceptors (Lipinski definition) is 2. The second-order valence-electron chi connectivity index (χ2n) is 3.89. The lowest BCUT2D eigenvalue weighted by Crippen LogP contribution is -1.78. The van der Waals surface area contributed by atoms with Crippen LogP contribution >= 0.6 is 23.1 Å². The minimum absolute atomic E-state index is 1.04. The minimum atomic E-state index is 1.04. The molecule has 0 nitrogen and oxygen atoms in total. The average Bonchev–Trinajstić information content (AvgIpc) is 2.85. The van der Waals surface area contributed by atoms with Crippen LogP contribution in [0.1, 0.15) is 5.56 Å². The van der Waals surface area contributed by atoms with Gasteiger partial charge in [0.25, 0.3) is 0 Å². The Morgan fingerprint density at radius 3 is 2.71 bits per heavy atom. The average molecular weight is 256 g/mol. The maximum atomic E-state index is 2.28. The number of thioether (sulfide) groups is 1. The summed E-state index contributed by atoms with van der Waals surface area (Å²) in [5.41, 5.74) is 1.38. The third-order valence-corrected chi connectivity index (χ3v) is 4.64. The Bertz CT molecular complexity index is 611. The first-order chi connectivity index (χ1) is 8.42. The van der Waals surface area contributed by atoms with E-state index in [4.69, 9.17) is 0 Å². The molecule has 0 aliphatic rings. The van der Waals surface area contributed by atoms with E-state index in [1.165, 1.54) is 20.5 Å². The first kappa shape index (κ1) is 10.9. The molecule has 17 heavy (non-hydrogen) atoms. The van der Waals surface area contributed by atoms with E-state index < -0.39 is 0 Å². The highest BCUT2D eigenvalue weighted by Gasteiger charge is 1.99. The molecule has 0 N–H and O–H groups in total. The van der Waals surface area contributed by atoms with E-state index in [-0.39, 0.29) is 0 Å². The van der Waals surface area contributed by atoms with E-state index in [9.17, 15) is 0 Å². The van der Waals surface area contributed by atoms with Gasteiger partial charge in [-0.1, -0.05) is 30.3 Å². The first-order valence-corrected chi connectivity index (χ1v) is 7.42. The molecule has 0 atom stereocenters. The van der Waals surface area contributed by atoms with Crippen LogP contribution in [-0.4, -0.2) is 0 Å². The molecule has 84 valence electrons. The molecule has 1 aromatic heterocycles. The van der Waals surface area contributed by atoms with E-state index in [2.05, 4.69) is 60.0 Å². The van der Waals surface area contributed by atoms with Gasteiger partial charge in [-0.05, 0) is 40.6 Å². The molecule has 0 bridgehead atoms. The fourth-order valence-electron chi connectivity index (χ4n) is 1.78. The van der Waals surface area contributed by atoms with Gasteiger partial charge in [-0.15, -0.1) is 23.1 Å². The summed E-state index contributed by atoms with van der Waals surface area (Å²) in [6.07, 6.45) is 0. The highest BCUT2D eigenvalue weighted by molar-refractivity contribution is 7.98. The van der Waals surface area contributed by atoms with Gasteiger partial charge in [-0.3, -0.25) is 0 Å². The van der Waals surface area contributed by atoms with Crippen molar-refractivity contribution in [1.82, 2.24) is 0 Å². The van der Waals surface area contributed by atoms with Crippen molar-refractivity contribution in [3.63, 3.8) is 0 Å². The third kappa shape index (κ3) is 2.54. The molecule has 1 heterocycles. The zero-order chi connectivity index (χ0) is 11.5. The van der Waals surface area contributed by atoms with Crippen LogP contribution in [0.2, 0.25) is 0 Å². The van der Waals surface area contributed by atoms with Gasteiger partial charge >= 0.3 is 0 Å². The molecule has 0 radical (unpaired) electrons. The van der Waals surface area contributed by atoms with Crippen LogP contribution in [0.5, 0.6) is 0 Å². The van der Waals surface area contributed by atoms with Gasteiger partial charge in [0.05, 0.1) is 0 Å². The topological polar surface area (TPSA) is 0 Å². The number of thiophene rings is 1. The van der Waals surface area contributed by atoms with Gasteiger partial charge in [0.2, 0.25) is 0 Å². The van der Waals surface area contributed by atoms with Crippen molar-refractivity contribution in [2.45, 2.75) is 10.6 Å². The molecule has 0 aliphatic carbocycles. The van der Waals surface area contributed by atoms with E-state index in [1.54, 1.807) is 11.3 Å². The summed E-state index contributed by atoms with van der Waals surface area (Å²) in [4.78, 5) is 1.35. The van der Waals surface area contributed by atoms with Gasteiger partial charge in [0.1, 0.15) is 0 Å². The summed E-state index contributed by atoms with van der Waals surface area (Å²) < 4.78 is 1.37. The predicted molar refractivity (Wildman–Crippen MR) is 77.8 cm³/mol. The first-order valence-electron chi connectivity index (χ1n) is 5.56. The van der Waals surface area contributed by atoms with Crippen LogP contribution in [0.3, 0.4) is 0 Å². The zero-order valence-electron chi connectivity index (χ0n) is 9.30. The number of rotatable bonds is 3. The van der Waals surface area contributed by atoms with Crippen molar-refractivity contribution in [1.29, 1.82) is 0 Å². The molecule has 0 saturated carbocycles. The van der Waals surface area contributed by atoms with Crippen molar-refractivity contribution in [2.75, 3.05) is 0 Å². The van der Waals surface area contributed by atoms with Crippen molar-refractivity contribution in [3.8, 4) is 0 Å². The number of hydrogen-bond donors (Lipinski definition) is 0. The lowest BCUT2D eigenvalue weighted by Gasteiger charge is -2.02. The van der Waals surface area contributed by atoms with E-state index in [0.717, 1.165) is 5.75 Å². The standard InChI is InChI=1S/C15H12S2/c1-2-4-12(5-3-1)11-17-14-6-7-15-13(10-14)8-9-16-15/h1-10H,11H2. The quantitative estimate of drug-likeness (QED) is 0.581. The molecular formula is C15H12S2. The summed E-state index contributed by atoms with van der Waals surface area (Å²) in [6, 6.07) is 19.5. The maximum Gasteiger partial charge on any atom is 0.0343 e. The van der Waals surface area contributed by atoms with Gasteiger partial charge in [-0.2, -0.15) is 0 Å². The zero-order valence-corrected chi connectivity index (χ0v) is 10.9. The lowest BCUT2D eigenvalue weighted by molar-refractivity contribution is 1.39. The van der Waals surface area contributed by atoms with E-state index >= 15 is 0 Å². The highest BCUT2D eigenvalue weighted by Crippen LogP contribution is 2.28. The maximum absolute atomic E-state index is 2.28. The fraction of sp³-hybridized carbons (Fsp3) is 0.0667. The lowest BCUT2D eigenvalue weighted by atomic mass is 10.2. The normalized spacial score (nSPS) is 10.8. The Kier molecular flexibility index (Phi) is 3.16. The molecule has 0 aliphatic heterocycles. The third-order valence-electron chi connectivity index (χ3n) is 2.67. The molecule has 2 heteroatoms. The molecule has 3 aromatic rings. The Labute approximate surface area is 109 Å². The smallest absolute Gasteiger partial charge is 0.0343 e. The second kappa shape index (κ2) is 4.94. The summed E-state index contributed by atoms with van der Waals surface area (Å²) in [7, 11) is 0. The Morgan fingerprint density at radius 2 is 1.82 bits per heavy atom. The fourth-order valence-corrected chi connectivity index (χ4v) is 3.45. The Balaban J connectivity index is 1.76. The molecular weight excluding hydrogens is 244 g/mol. The molecule has 0 amide bonds. The molecule has 3 rings (SSSR count). The summed E-state index contributed by atoms with van der Waals surface area (Å²) in [6.45, 7) is 0. The SMILES string of the molecule is c1ccc(CSc2ccc3sccc3c2)cc1. The van der Waals surface area contributed by atoms with Gasteiger partial charge in [0, 0.05) is 15.3 Å². The second-order valence-corrected chi connectivity index (χ2v) is 5.89. The van der Waals surface area contributed by atoms with Crippen molar-refractivity contribution in [3.05, 3.63) is 65.5 Å². The summed E-state index contributed by atoms with van der Waals surface area (Å²) >= 11 is 3.70. The van der Waals surface area contributed by atoms with Gasteiger partial charge in [0.15, 0.2) is 0 Å². The van der Waals surface area contributed by atoms with Crippen molar-refractivity contribution < 1.29 is 0 Å². The monoisotopic (exact) mass is 256 g/mol. The summed E-state index contributed by atoms with van der Waals surface area (Å²) in [5.74, 6) is 1.04. The molecule has 0 saturated heterocycles. The Hall–Kier alpha value is -1.25. The van der Waals surface area contributed by atoms with Crippen molar-refractivity contribution in [2.24, 2.45) is 0 Å². The summed E-state index contributed by atoms with van der Waals surface area (Å²) in [5, 5.41) is 3.50. The van der Waals surface area contributed by atoms with E-state index in [0.29, 0.717) is 0 Å². The van der Waals surface area contributed by atoms with E-state index in [1.807, 2.05) is 11.8 Å². The van der Waals surface area contributed by atoms with Crippen LogP contribution in [0.4, 0.5) is 0 Å². The minimum Gasteiger partial charge on any atom is -0.144 e. The van der Waals surface area contributed by atoms with Crippen LogP contribution in [-0.2, 0) is 5.75 Å². The number of fused-ring (bicyclic) bond motifs is 1. The van der Waals surface area contributed by atoms with Crippen LogP contribution in [0.25, 0.3) is 10.1 Å². The van der Waals surface area contributed by atoms with Crippen LogP contribution in [0, 0.1) is 0 Å². The van der Waals surface area contributed by atoms with Gasteiger partial charge < -0.3 is 0 Å². The molecule has 2 aromatic carbocycles. The Morgan fingerprint density at radius 1 is 0.941 bits per heavy atom. The highest BCUT2D eigenvalue weighted by atomic mass is 32.2. The largest absolute Gasteiger partial charge is 0.144 e. The van der Waals surface area contributed by atoms with Crippen molar-refractivity contribution >= 4 is 33.2 Å². The number of benzene rings is 2. The van der Waals surface area contributed by atoms with Crippen LogP contribution in [0.15, 0.2) is 64.9 Å². The van der Waals surface area contributed by atoms with Gasteiger partial charge in [-0.25, -0.2) is 0 Å². The molecule has 0 spiro atoms. The molecule has 0 unspecified atom stereocenters. The predicted octanol–water partition coefficient (Wildman–Crippen LogP) is 5.19.